The Labute approximate surface area is 96.0 Å². The molecular formula is C12H19NO3. The van der Waals surface area contributed by atoms with E-state index in [1.165, 1.54) is 0 Å². The second-order valence-electron chi connectivity index (χ2n) is 4.70. The molecule has 1 atom stereocenters. The van der Waals surface area contributed by atoms with Crippen LogP contribution in [0.2, 0.25) is 0 Å². The van der Waals surface area contributed by atoms with E-state index in [0.29, 0.717) is 0 Å². The van der Waals surface area contributed by atoms with Gasteiger partial charge in [0.15, 0.2) is 0 Å². The van der Waals surface area contributed by atoms with E-state index < -0.39 is 5.60 Å². The number of rotatable bonds is 4. The van der Waals surface area contributed by atoms with E-state index in [4.69, 9.17) is 9.15 Å². The number of nitrogens with one attached hydrogen (secondary N) is 1. The fourth-order valence-electron chi connectivity index (χ4n) is 1.25. The lowest BCUT2D eigenvalue weighted by Crippen LogP contribution is -2.32. The summed E-state index contributed by atoms with van der Waals surface area (Å²) in [6.07, 6.45) is 1.61. The highest BCUT2D eigenvalue weighted by molar-refractivity contribution is 5.72. The van der Waals surface area contributed by atoms with E-state index in [1.54, 1.807) is 6.26 Å². The van der Waals surface area contributed by atoms with Crippen molar-refractivity contribution in [2.45, 2.75) is 39.3 Å². The number of ether oxygens (including phenoxy) is 1. The van der Waals surface area contributed by atoms with Gasteiger partial charge in [0.2, 0.25) is 0 Å². The van der Waals surface area contributed by atoms with Crippen molar-refractivity contribution in [1.29, 1.82) is 0 Å². The molecule has 4 heteroatoms. The van der Waals surface area contributed by atoms with Crippen LogP contribution in [0, 0.1) is 0 Å². The second-order valence-corrected chi connectivity index (χ2v) is 4.70. The fraction of sp³-hybridized carbons (Fsp3) is 0.583. The SMILES string of the molecule is CC(NCC(=O)OC(C)(C)C)c1ccco1. The van der Waals surface area contributed by atoms with E-state index >= 15 is 0 Å². The maximum Gasteiger partial charge on any atom is 0.320 e. The predicted octanol–water partition coefficient (Wildman–Crippen LogP) is 2.27. The Kier molecular flexibility index (Phi) is 4.12. The Morgan fingerprint density at radius 1 is 1.56 bits per heavy atom. The molecule has 0 aromatic carbocycles. The van der Waals surface area contributed by atoms with Crippen LogP contribution in [-0.2, 0) is 9.53 Å². The average Bonchev–Trinajstić information content (AvgIpc) is 2.64. The van der Waals surface area contributed by atoms with E-state index in [-0.39, 0.29) is 18.6 Å². The Hall–Kier alpha value is -1.29. The quantitative estimate of drug-likeness (QED) is 0.799. The van der Waals surface area contributed by atoms with Crippen LogP contribution in [0.25, 0.3) is 0 Å². The van der Waals surface area contributed by atoms with Crippen molar-refractivity contribution in [3.05, 3.63) is 24.2 Å². The summed E-state index contributed by atoms with van der Waals surface area (Å²) >= 11 is 0. The normalized spacial score (nSPS) is 13.5. The van der Waals surface area contributed by atoms with Gasteiger partial charge in [0.05, 0.1) is 18.8 Å². The van der Waals surface area contributed by atoms with Crippen molar-refractivity contribution < 1.29 is 13.9 Å². The Bertz CT molecular complexity index is 325. The first-order valence-electron chi connectivity index (χ1n) is 5.37. The fourth-order valence-corrected chi connectivity index (χ4v) is 1.25. The standard InChI is InChI=1S/C12H19NO3/c1-9(10-6-5-7-15-10)13-8-11(14)16-12(2,3)4/h5-7,9,13H,8H2,1-4H3. The number of hydrogen-bond donors (Lipinski definition) is 1. The first-order valence-corrected chi connectivity index (χ1v) is 5.37. The molecule has 0 fully saturated rings. The Morgan fingerprint density at radius 2 is 2.25 bits per heavy atom. The van der Waals surface area contributed by atoms with Gasteiger partial charge in [0, 0.05) is 0 Å². The summed E-state index contributed by atoms with van der Waals surface area (Å²) in [6.45, 7) is 7.66. The number of esters is 1. The van der Waals surface area contributed by atoms with Gasteiger partial charge in [-0.3, -0.25) is 10.1 Å². The zero-order valence-electron chi connectivity index (χ0n) is 10.2. The second kappa shape index (κ2) is 5.16. The summed E-state index contributed by atoms with van der Waals surface area (Å²) in [5.41, 5.74) is -0.438. The van der Waals surface area contributed by atoms with Crippen molar-refractivity contribution in [2.24, 2.45) is 0 Å². The van der Waals surface area contributed by atoms with Crippen molar-refractivity contribution in [3.8, 4) is 0 Å². The molecule has 1 heterocycles. The maximum atomic E-state index is 11.4. The van der Waals surface area contributed by atoms with Crippen molar-refractivity contribution in [1.82, 2.24) is 5.32 Å². The highest BCUT2D eigenvalue weighted by Gasteiger charge is 2.17. The highest BCUT2D eigenvalue weighted by Crippen LogP contribution is 2.12. The van der Waals surface area contributed by atoms with Crippen LogP contribution in [0.3, 0.4) is 0 Å². The minimum Gasteiger partial charge on any atom is -0.468 e. The smallest absolute Gasteiger partial charge is 0.320 e. The van der Waals surface area contributed by atoms with Crippen molar-refractivity contribution >= 4 is 5.97 Å². The lowest BCUT2D eigenvalue weighted by Gasteiger charge is -2.20. The molecule has 1 unspecified atom stereocenters. The summed E-state index contributed by atoms with van der Waals surface area (Å²) in [6, 6.07) is 3.69. The number of furan rings is 1. The summed E-state index contributed by atoms with van der Waals surface area (Å²) < 4.78 is 10.4. The van der Waals surface area contributed by atoms with Crippen LogP contribution < -0.4 is 5.32 Å². The Morgan fingerprint density at radius 3 is 2.75 bits per heavy atom. The van der Waals surface area contributed by atoms with Gasteiger partial charge in [-0.1, -0.05) is 0 Å². The topological polar surface area (TPSA) is 51.5 Å². The molecule has 1 N–H and O–H groups in total. The predicted molar refractivity (Wildman–Crippen MR) is 61.0 cm³/mol. The molecule has 4 nitrogen and oxygen atoms in total. The lowest BCUT2D eigenvalue weighted by molar-refractivity contribution is -0.153. The molecule has 0 bridgehead atoms. The lowest BCUT2D eigenvalue weighted by atomic mass is 10.2. The van der Waals surface area contributed by atoms with Crippen molar-refractivity contribution in [2.75, 3.05) is 6.54 Å². The largest absolute Gasteiger partial charge is 0.468 e. The molecule has 0 spiro atoms. The molecule has 0 aliphatic heterocycles. The molecule has 0 saturated heterocycles. The zero-order chi connectivity index (χ0) is 12.2. The van der Waals surface area contributed by atoms with Gasteiger partial charge in [-0.25, -0.2) is 0 Å². The third-order valence-corrected chi connectivity index (χ3v) is 1.94. The first kappa shape index (κ1) is 12.8. The van der Waals surface area contributed by atoms with Crippen LogP contribution in [0.1, 0.15) is 39.5 Å². The summed E-state index contributed by atoms with van der Waals surface area (Å²) in [5.74, 6) is 0.550. The minimum absolute atomic E-state index is 0.00233. The molecular weight excluding hydrogens is 206 g/mol. The molecule has 0 saturated carbocycles. The van der Waals surface area contributed by atoms with Gasteiger partial charge in [0.1, 0.15) is 11.4 Å². The van der Waals surface area contributed by atoms with Gasteiger partial charge >= 0.3 is 5.97 Å². The molecule has 0 amide bonds. The van der Waals surface area contributed by atoms with Gasteiger partial charge < -0.3 is 9.15 Å². The third kappa shape index (κ3) is 4.49. The minimum atomic E-state index is -0.438. The molecule has 1 rings (SSSR count). The summed E-state index contributed by atoms with van der Waals surface area (Å²) in [5, 5.41) is 3.04. The van der Waals surface area contributed by atoms with Gasteiger partial charge in [-0.15, -0.1) is 0 Å². The zero-order valence-corrected chi connectivity index (χ0v) is 10.2. The van der Waals surface area contributed by atoms with Gasteiger partial charge in [0.25, 0.3) is 0 Å². The van der Waals surface area contributed by atoms with Crippen LogP contribution in [0.4, 0.5) is 0 Å². The van der Waals surface area contributed by atoms with Crippen LogP contribution in [0.5, 0.6) is 0 Å². The first-order chi connectivity index (χ1) is 7.38. The average molecular weight is 225 g/mol. The molecule has 1 aromatic rings. The maximum absolute atomic E-state index is 11.4. The van der Waals surface area contributed by atoms with Crippen LogP contribution in [-0.4, -0.2) is 18.1 Å². The molecule has 90 valence electrons. The summed E-state index contributed by atoms with van der Waals surface area (Å²) in [7, 11) is 0. The van der Waals surface area contributed by atoms with Crippen LogP contribution >= 0.6 is 0 Å². The van der Waals surface area contributed by atoms with E-state index in [1.807, 2.05) is 39.8 Å². The number of carbonyl (C=O) groups excluding carboxylic acids is 1. The molecule has 16 heavy (non-hydrogen) atoms. The summed E-state index contributed by atoms with van der Waals surface area (Å²) in [4.78, 5) is 11.4. The molecule has 0 aliphatic rings. The Balaban J connectivity index is 2.32. The third-order valence-electron chi connectivity index (χ3n) is 1.94. The van der Waals surface area contributed by atoms with Gasteiger partial charge in [-0.2, -0.15) is 0 Å². The number of carbonyl (C=O) groups is 1. The van der Waals surface area contributed by atoms with E-state index in [2.05, 4.69) is 5.32 Å². The van der Waals surface area contributed by atoms with E-state index in [0.717, 1.165) is 5.76 Å². The highest BCUT2D eigenvalue weighted by atomic mass is 16.6. The number of hydrogen-bond acceptors (Lipinski definition) is 4. The molecule has 0 aliphatic carbocycles. The molecule has 0 radical (unpaired) electrons. The van der Waals surface area contributed by atoms with Crippen molar-refractivity contribution in [3.63, 3.8) is 0 Å². The van der Waals surface area contributed by atoms with Gasteiger partial charge in [-0.05, 0) is 39.8 Å². The van der Waals surface area contributed by atoms with E-state index in [9.17, 15) is 4.79 Å². The van der Waals surface area contributed by atoms with Crippen LogP contribution in [0.15, 0.2) is 22.8 Å². The molecule has 1 aromatic heterocycles. The monoisotopic (exact) mass is 225 g/mol.